The number of aliphatic hydroxyl groups is 1. The number of carbonyl (C=O) groups excluding carboxylic acids is 2. The molecule has 1 N–H and O–H groups in total. The average molecular weight is 463 g/mol. The van der Waals surface area contributed by atoms with Crippen molar-refractivity contribution in [3.05, 3.63) is 132 Å². The fourth-order valence-corrected chi connectivity index (χ4v) is 4.21. The first-order valence-electron chi connectivity index (χ1n) is 11.2. The van der Waals surface area contributed by atoms with Crippen molar-refractivity contribution < 1.29 is 19.4 Å². The summed E-state index contributed by atoms with van der Waals surface area (Å²) in [5.74, 6) is -0.401. The Kier molecular flexibility index (Phi) is 6.09. The molecule has 0 bridgehead atoms. The zero-order valence-corrected chi connectivity index (χ0v) is 18.7. The summed E-state index contributed by atoms with van der Waals surface area (Å²) in [5.41, 5.74) is 1.98. The number of hydrogen-bond acceptors (Lipinski definition) is 5. The molecule has 0 spiro atoms. The molecular formula is C29H22N2O4. The third kappa shape index (κ3) is 4.54. The number of aliphatic hydroxyl groups excluding tert-OH is 1. The van der Waals surface area contributed by atoms with Crippen LogP contribution in [-0.2, 0) is 16.1 Å². The van der Waals surface area contributed by atoms with Gasteiger partial charge in [-0.25, -0.2) is 0 Å². The van der Waals surface area contributed by atoms with Crippen LogP contribution >= 0.6 is 0 Å². The molecule has 1 aliphatic heterocycles. The Morgan fingerprint density at radius 2 is 1.49 bits per heavy atom. The SMILES string of the molecule is O=C1C(=O)N(Cc2ccccc2)C(c2cccc(Oc3ccccc3)c2)C1=C(O)c1ccncc1. The molecule has 172 valence electrons. The Balaban J connectivity index is 1.61. The lowest BCUT2D eigenvalue weighted by Crippen LogP contribution is -2.29. The zero-order valence-electron chi connectivity index (χ0n) is 18.7. The largest absolute Gasteiger partial charge is 0.507 e. The smallest absolute Gasteiger partial charge is 0.295 e. The van der Waals surface area contributed by atoms with E-state index in [1.807, 2.05) is 78.9 Å². The Bertz CT molecular complexity index is 1390. The summed E-state index contributed by atoms with van der Waals surface area (Å²) in [6.07, 6.45) is 3.05. The molecule has 1 fully saturated rings. The molecule has 2 heterocycles. The van der Waals surface area contributed by atoms with Gasteiger partial charge in [0.25, 0.3) is 11.7 Å². The van der Waals surface area contributed by atoms with E-state index in [2.05, 4.69) is 4.98 Å². The predicted molar refractivity (Wildman–Crippen MR) is 131 cm³/mol. The molecule has 6 heteroatoms. The van der Waals surface area contributed by atoms with E-state index >= 15 is 0 Å². The molecule has 35 heavy (non-hydrogen) atoms. The number of para-hydroxylation sites is 1. The Morgan fingerprint density at radius 1 is 0.829 bits per heavy atom. The lowest BCUT2D eigenvalue weighted by molar-refractivity contribution is -0.140. The Hall–Kier alpha value is -4.71. The molecule has 5 rings (SSSR count). The second-order valence-electron chi connectivity index (χ2n) is 8.14. The van der Waals surface area contributed by atoms with Crippen molar-refractivity contribution in [2.75, 3.05) is 0 Å². The lowest BCUT2D eigenvalue weighted by Gasteiger charge is -2.26. The van der Waals surface area contributed by atoms with Crippen molar-refractivity contribution in [3.63, 3.8) is 0 Å². The monoisotopic (exact) mass is 462 g/mol. The number of carbonyl (C=O) groups is 2. The number of amides is 1. The molecule has 1 unspecified atom stereocenters. The van der Waals surface area contributed by atoms with Crippen LogP contribution in [0.1, 0.15) is 22.7 Å². The van der Waals surface area contributed by atoms with Gasteiger partial charge in [-0.05, 0) is 47.5 Å². The average Bonchev–Trinajstić information content (AvgIpc) is 3.15. The summed E-state index contributed by atoms with van der Waals surface area (Å²) in [6, 6.07) is 28.4. The maximum absolute atomic E-state index is 13.2. The number of ketones is 1. The van der Waals surface area contributed by atoms with Crippen LogP contribution in [0, 0.1) is 0 Å². The van der Waals surface area contributed by atoms with Gasteiger partial charge in [-0.1, -0.05) is 60.7 Å². The molecule has 0 radical (unpaired) electrons. The number of pyridine rings is 1. The summed E-state index contributed by atoms with van der Waals surface area (Å²) in [5, 5.41) is 11.1. The number of hydrogen-bond donors (Lipinski definition) is 1. The van der Waals surface area contributed by atoms with Gasteiger partial charge < -0.3 is 14.7 Å². The number of benzene rings is 3. The van der Waals surface area contributed by atoms with Gasteiger partial charge in [-0.2, -0.15) is 0 Å². The second kappa shape index (κ2) is 9.65. The first-order chi connectivity index (χ1) is 17.1. The molecule has 6 nitrogen and oxygen atoms in total. The van der Waals surface area contributed by atoms with Crippen molar-refractivity contribution in [1.82, 2.24) is 9.88 Å². The highest BCUT2D eigenvalue weighted by atomic mass is 16.5. The van der Waals surface area contributed by atoms with Crippen LogP contribution in [0.15, 0.2) is 115 Å². The summed E-state index contributed by atoms with van der Waals surface area (Å²) >= 11 is 0. The molecule has 3 aromatic carbocycles. The molecule has 1 saturated heterocycles. The van der Waals surface area contributed by atoms with Gasteiger partial charge in [0.15, 0.2) is 0 Å². The maximum atomic E-state index is 13.2. The van der Waals surface area contributed by atoms with Crippen LogP contribution in [-0.4, -0.2) is 26.7 Å². The van der Waals surface area contributed by atoms with Gasteiger partial charge >= 0.3 is 0 Å². The summed E-state index contributed by atoms with van der Waals surface area (Å²) in [7, 11) is 0. The first kappa shape index (κ1) is 22.1. The Labute approximate surface area is 202 Å². The lowest BCUT2D eigenvalue weighted by atomic mass is 9.95. The van der Waals surface area contributed by atoms with E-state index in [4.69, 9.17) is 4.74 Å². The van der Waals surface area contributed by atoms with Gasteiger partial charge in [0.1, 0.15) is 17.3 Å². The van der Waals surface area contributed by atoms with E-state index in [-0.39, 0.29) is 17.9 Å². The van der Waals surface area contributed by atoms with Crippen LogP contribution in [0.2, 0.25) is 0 Å². The fraction of sp³-hybridized carbons (Fsp3) is 0.0690. The van der Waals surface area contributed by atoms with Crippen molar-refractivity contribution in [2.24, 2.45) is 0 Å². The van der Waals surface area contributed by atoms with Gasteiger partial charge in [0.05, 0.1) is 11.6 Å². The first-order valence-corrected chi connectivity index (χ1v) is 11.2. The normalized spacial score (nSPS) is 16.9. The molecule has 0 aliphatic carbocycles. The highest BCUT2D eigenvalue weighted by Crippen LogP contribution is 2.41. The van der Waals surface area contributed by atoms with Crippen molar-refractivity contribution >= 4 is 17.4 Å². The molecule has 1 atom stereocenters. The van der Waals surface area contributed by atoms with Crippen LogP contribution in [0.4, 0.5) is 0 Å². The minimum atomic E-state index is -0.789. The quantitative estimate of drug-likeness (QED) is 0.233. The Morgan fingerprint density at radius 3 is 2.20 bits per heavy atom. The molecule has 1 aromatic heterocycles. The second-order valence-corrected chi connectivity index (χ2v) is 8.14. The van der Waals surface area contributed by atoms with E-state index in [0.717, 1.165) is 5.56 Å². The van der Waals surface area contributed by atoms with Crippen molar-refractivity contribution in [3.8, 4) is 11.5 Å². The van der Waals surface area contributed by atoms with Crippen LogP contribution in [0.3, 0.4) is 0 Å². The highest BCUT2D eigenvalue weighted by Gasteiger charge is 2.46. The van der Waals surface area contributed by atoms with Gasteiger partial charge in [0, 0.05) is 24.5 Å². The number of nitrogens with zero attached hydrogens (tertiary/aromatic N) is 2. The summed E-state index contributed by atoms with van der Waals surface area (Å²) in [4.78, 5) is 31.9. The minimum absolute atomic E-state index is 0.0361. The van der Waals surface area contributed by atoms with Gasteiger partial charge in [-0.15, -0.1) is 0 Å². The minimum Gasteiger partial charge on any atom is -0.507 e. The van der Waals surface area contributed by atoms with Crippen LogP contribution in [0.5, 0.6) is 11.5 Å². The van der Waals surface area contributed by atoms with Crippen molar-refractivity contribution in [1.29, 1.82) is 0 Å². The van der Waals surface area contributed by atoms with E-state index in [1.165, 1.54) is 17.3 Å². The van der Waals surface area contributed by atoms with Gasteiger partial charge in [0.2, 0.25) is 0 Å². The molecule has 1 aliphatic rings. The predicted octanol–water partition coefficient (Wildman–Crippen LogP) is 5.50. The zero-order chi connectivity index (χ0) is 24.2. The molecule has 4 aromatic rings. The standard InChI is InChI=1S/C29H22N2O4/c32-27(21-14-16-30-17-15-21)25-26(31(29(34)28(25)33)19-20-8-3-1-4-9-20)22-10-7-13-24(18-22)35-23-11-5-2-6-12-23/h1-18,26,32H,19H2. The number of likely N-dealkylation sites (tertiary alicyclic amines) is 1. The molecule has 1 amide bonds. The maximum Gasteiger partial charge on any atom is 0.295 e. The fourth-order valence-electron chi connectivity index (χ4n) is 4.21. The molecule has 0 saturated carbocycles. The van der Waals surface area contributed by atoms with Crippen molar-refractivity contribution in [2.45, 2.75) is 12.6 Å². The van der Waals surface area contributed by atoms with E-state index in [9.17, 15) is 14.7 Å². The number of Topliss-reactive ketones (excluding diaryl/α,β-unsaturated/α-hetero) is 1. The van der Waals surface area contributed by atoms with E-state index < -0.39 is 17.7 Å². The topological polar surface area (TPSA) is 79.7 Å². The third-order valence-electron chi connectivity index (χ3n) is 5.84. The number of aromatic nitrogens is 1. The number of rotatable bonds is 6. The van der Waals surface area contributed by atoms with Gasteiger partial charge in [-0.3, -0.25) is 14.6 Å². The third-order valence-corrected chi connectivity index (χ3v) is 5.84. The number of ether oxygens (including phenoxy) is 1. The van der Waals surface area contributed by atoms with E-state index in [1.54, 1.807) is 18.2 Å². The summed E-state index contributed by atoms with van der Waals surface area (Å²) in [6.45, 7) is 0.215. The van der Waals surface area contributed by atoms with Crippen LogP contribution < -0.4 is 4.74 Å². The summed E-state index contributed by atoms with van der Waals surface area (Å²) < 4.78 is 5.99. The van der Waals surface area contributed by atoms with E-state index in [0.29, 0.717) is 22.6 Å². The highest BCUT2D eigenvalue weighted by molar-refractivity contribution is 6.46. The van der Waals surface area contributed by atoms with Crippen LogP contribution in [0.25, 0.3) is 5.76 Å². The molecular weight excluding hydrogens is 440 g/mol.